The summed E-state index contributed by atoms with van der Waals surface area (Å²) in [5.74, 6) is 1.22. The molecule has 0 radical (unpaired) electrons. The Morgan fingerprint density at radius 2 is 2.40 bits per heavy atom. The molecule has 6 heteroatoms. The monoisotopic (exact) mass is 290 g/mol. The number of nitrogens with zero attached hydrogens (tertiary/aromatic N) is 3. The van der Waals surface area contributed by atoms with Crippen molar-refractivity contribution in [1.82, 2.24) is 15.0 Å². The van der Waals surface area contributed by atoms with Crippen LogP contribution in [-0.4, -0.2) is 26.0 Å². The van der Waals surface area contributed by atoms with Gasteiger partial charge in [-0.15, -0.1) is 5.10 Å². The van der Waals surface area contributed by atoms with Gasteiger partial charge < -0.3 is 5.73 Å². The maximum Gasteiger partial charge on any atom is 0.153 e. The van der Waals surface area contributed by atoms with E-state index in [4.69, 9.17) is 5.73 Å². The molecule has 0 saturated carbocycles. The molecule has 0 aromatic carbocycles. The molecule has 1 saturated heterocycles. The number of halogens is 1. The molecule has 2 heterocycles. The summed E-state index contributed by atoms with van der Waals surface area (Å²) in [6.07, 6.45) is 3.80. The fourth-order valence-corrected chi connectivity index (χ4v) is 3.85. The summed E-state index contributed by atoms with van der Waals surface area (Å²) < 4.78 is 2.55. The summed E-state index contributed by atoms with van der Waals surface area (Å²) in [4.78, 5) is 0. The van der Waals surface area contributed by atoms with E-state index in [9.17, 15) is 0 Å². The summed E-state index contributed by atoms with van der Waals surface area (Å²) in [5, 5.41) is 8.44. The van der Waals surface area contributed by atoms with E-state index in [1.165, 1.54) is 25.0 Å². The normalized spacial score (nSPS) is 24.1. The first-order chi connectivity index (χ1) is 7.20. The minimum atomic E-state index is 0.0321. The van der Waals surface area contributed by atoms with Crippen molar-refractivity contribution in [3.63, 3.8) is 0 Å². The van der Waals surface area contributed by atoms with Crippen LogP contribution in [0.25, 0.3) is 0 Å². The highest BCUT2D eigenvalue weighted by atomic mass is 79.9. The fraction of sp³-hybridized carbons (Fsp3) is 0.778. The molecule has 0 bridgehead atoms. The lowest BCUT2D eigenvalue weighted by atomic mass is 10.1. The average molecular weight is 291 g/mol. The number of aryl methyl sites for hydroxylation is 1. The summed E-state index contributed by atoms with van der Waals surface area (Å²) in [7, 11) is 1.89. The fourth-order valence-electron chi connectivity index (χ4n) is 1.92. The molecule has 1 aliphatic rings. The van der Waals surface area contributed by atoms with Gasteiger partial charge in [0.25, 0.3) is 0 Å². The van der Waals surface area contributed by atoms with Gasteiger partial charge in [-0.1, -0.05) is 11.6 Å². The number of hydrogen-bond donors (Lipinski definition) is 1. The zero-order chi connectivity index (χ0) is 10.8. The molecule has 1 aromatic heterocycles. The third kappa shape index (κ3) is 2.37. The first kappa shape index (κ1) is 11.4. The molecule has 0 spiro atoms. The van der Waals surface area contributed by atoms with E-state index in [0.29, 0.717) is 5.25 Å². The Balaban J connectivity index is 2.15. The number of hydrogen-bond acceptors (Lipinski definition) is 4. The number of nitrogens with two attached hydrogens (primary N) is 1. The molecule has 2 N–H and O–H groups in total. The Morgan fingerprint density at radius 1 is 1.60 bits per heavy atom. The second-order valence-electron chi connectivity index (χ2n) is 3.82. The lowest BCUT2D eigenvalue weighted by Gasteiger charge is -2.26. The maximum absolute atomic E-state index is 6.26. The van der Waals surface area contributed by atoms with E-state index >= 15 is 0 Å². The van der Waals surface area contributed by atoms with Gasteiger partial charge in [-0.25, -0.2) is 4.68 Å². The van der Waals surface area contributed by atoms with Crippen molar-refractivity contribution >= 4 is 27.7 Å². The van der Waals surface area contributed by atoms with E-state index in [1.807, 2.05) is 18.8 Å². The number of thioether (sulfide) groups is 1. The Hall–Kier alpha value is -0.0700. The lowest BCUT2D eigenvalue weighted by Crippen LogP contribution is -2.28. The largest absolute Gasteiger partial charge is 0.322 e. The topological polar surface area (TPSA) is 56.7 Å². The van der Waals surface area contributed by atoms with Gasteiger partial charge in [-0.3, -0.25) is 0 Å². The standard InChI is InChI=1S/C9H15BrN4S/c1-14-8(9(10)12-13-14)7(11)6-4-2-3-5-15-6/h6-7H,2-5,11H2,1H3. The molecule has 2 unspecified atom stereocenters. The van der Waals surface area contributed by atoms with Crippen LogP contribution in [0.5, 0.6) is 0 Å². The van der Waals surface area contributed by atoms with Gasteiger partial charge in [-0.05, 0) is 34.5 Å². The van der Waals surface area contributed by atoms with Gasteiger partial charge in [-0.2, -0.15) is 11.8 Å². The van der Waals surface area contributed by atoms with Crippen molar-refractivity contribution < 1.29 is 0 Å². The van der Waals surface area contributed by atoms with Crippen molar-refractivity contribution in [2.75, 3.05) is 5.75 Å². The minimum Gasteiger partial charge on any atom is -0.322 e. The molecular weight excluding hydrogens is 276 g/mol. The van der Waals surface area contributed by atoms with Crippen molar-refractivity contribution in [2.24, 2.45) is 12.8 Å². The van der Waals surface area contributed by atoms with E-state index in [2.05, 4.69) is 26.2 Å². The molecule has 1 aliphatic heterocycles. The van der Waals surface area contributed by atoms with Gasteiger partial charge >= 0.3 is 0 Å². The molecule has 1 aromatic rings. The Bertz CT molecular complexity index is 315. The number of rotatable bonds is 2. The Kier molecular flexibility index (Phi) is 3.69. The van der Waals surface area contributed by atoms with Gasteiger partial charge in [0, 0.05) is 12.3 Å². The predicted molar refractivity (Wildman–Crippen MR) is 65.7 cm³/mol. The molecule has 84 valence electrons. The van der Waals surface area contributed by atoms with Crippen LogP contribution >= 0.6 is 27.7 Å². The number of aromatic nitrogens is 3. The maximum atomic E-state index is 6.26. The highest BCUT2D eigenvalue weighted by Crippen LogP contribution is 2.34. The Morgan fingerprint density at radius 3 is 2.93 bits per heavy atom. The van der Waals surface area contributed by atoms with Crippen LogP contribution in [0.2, 0.25) is 0 Å². The van der Waals surface area contributed by atoms with Crippen LogP contribution in [0.4, 0.5) is 0 Å². The first-order valence-electron chi connectivity index (χ1n) is 5.12. The highest BCUT2D eigenvalue weighted by molar-refractivity contribution is 9.10. The third-order valence-corrected chi connectivity index (χ3v) is 4.80. The molecule has 0 aliphatic carbocycles. The van der Waals surface area contributed by atoms with Gasteiger partial charge in [0.1, 0.15) is 0 Å². The van der Waals surface area contributed by atoms with E-state index < -0.39 is 0 Å². The molecule has 0 amide bonds. The van der Waals surface area contributed by atoms with Crippen LogP contribution in [0.15, 0.2) is 4.60 Å². The second kappa shape index (κ2) is 4.84. The third-order valence-electron chi connectivity index (χ3n) is 2.76. The summed E-state index contributed by atoms with van der Waals surface area (Å²) in [6.45, 7) is 0. The summed E-state index contributed by atoms with van der Waals surface area (Å²) in [5.41, 5.74) is 7.27. The van der Waals surface area contributed by atoms with E-state index in [0.717, 1.165) is 10.3 Å². The van der Waals surface area contributed by atoms with Gasteiger partial charge in [0.15, 0.2) is 4.60 Å². The van der Waals surface area contributed by atoms with Crippen molar-refractivity contribution in [3.05, 3.63) is 10.3 Å². The molecule has 4 nitrogen and oxygen atoms in total. The first-order valence-corrected chi connectivity index (χ1v) is 6.96. The molecule has 2 rings (SSSR count). The molecule has 15 heavy (non-hydrogen) atoms. The van der Waals surface area contributed by atoms with Gasteiger partial charge in [0.05, 0.1) is 11.7 Å². The van der Waals surface area contributed by atoms with Crippen LogP contribution in [-0.2, 0) is 7.05 Å². The van der Waals surface area contributed by atoms with Crippen LogP contribution in [0, 0.1) is 0 Å². The minimum absolute atomic E-state index is 0.0321. The molecule has 2 atom stereocenters. The van der Waals surface area contributed by atoms with Crippen molar-refractivity contribution in [3.8, 4) is 0 Å². The van der Waals surface area contributed by atoms with Crippen LogP contribution in [0.3, 0.4) is 0 Å². The zero-order valence-corrected chi connectivity index (χ0v) is 11.1. The van der Waals surface area contributed by atoms with E-state index in [-0.39, 0.29) is 6.04 Å². The summed E-state index contributed by atoms with van der Waals surface area (Å²) >= 11 is 5.37. The Labute approximate surface area is 102 Å². The average Bonchev–Trinajstić information content (AvgIpc) is 2.59. The second-order valence-corrected chi connectivity index (χ2v) is 5.92. The highest BCUT2D eigenvalue weighted by Gasteiger charge is 2.26. The molecule has 1 fully saturated rings. The van der Waals surface area contributed by atoms with Crippen LogP contribution < -0.4 is 5.73 Å². The predicted octanol–water partition coefficient (Wildman–Crippen LogP) is 1.86. The SMILES string of the molecule is Cn1nnc(Br)c1C(N)C1CCCCS1. The van der Waals surface area contributed by atoms with Crippen molar-refractivity contribution in [2.45, 2.75) is 30.6 Å². The smallest absolute Gasteiger partial charge is 0.153 e. The van der Waals surface area contributed by atoms with Gasteiger partial charge in [0.2, 0.25) is 0 Å². The lowest BCUT2D eigenvalue weighted by molar-refractivity contribution is 0.542. The quantitative estimate of drug-likeness (QED) is 0.903. The molecular formula is C9H15BrN4S. The summed E-state index contributed by atoms with van der Waals surface area (Å²) in [6, 6.07) is 0.0321. The zero-order valence-electron chi connectivity index (χ0n) is 8.69. The van der Waals surface area contributed by atoms with Crippen LogP contribution in [0.1, 0.15) is 31.0 Å². The van der Waals surface area contributed by atoms with Crippen molar-refractivity contribution in [1.29, 1.82) is 0 Å². The van der Waals surface area contributed by atoms with E-state index in [1.54, 1.807) is 4.68 Å².